The van der Waals surface area contributed by atoms with Crippen LogP contribution in [0.5, 0.6) is 0 Å². The fraction of sp³-hybridized carbons (Fsp3) is 0.375. The van der Waals surface area contributed by atoms with E-state index in [-0.39, 0.29) is 36.3 Å². The van der Waals surface area contributed by atoms with Gasteiger partial charge in [0.1, 0.15) is 12.4 Å². The number of anilines is 2. The highest BCUT2D eigenvalue weighted by Gasteiger charge is 2.51. The maximum Gasteiger partial charge on any atom is 0.244 e. The van der Waals surface area contributed by atoms with Gasteiger partial charge >= 0.3 is 0 Å². The fourth-order valence-electron chi connectivity index (χ4n) is 6.61. The van der Waals surface area contributed by atoms with E-state index >= 15 is 0 Å². The van der Waals surface area contributed by atoms with Crippen LogP contribution in [0.4, 0.5) is 11.5 Å². The van der Waals surface area contributed by atoms with Gasteiger partial charge in [0.25, 0.3) is 0 Å². The van der Waals surface area contributed by atoms with E-state index in [0.29, 0.717) is 36.8 Å². The molecule has 0 bridgehead atoms. The van der Waals surface area contributed by atoms with Gasteiger partial charge in [0.05, 0.1) is 17.5 Å². The SMILES string of the molecule is CC(C)C[C@H]1C(=O)N(CC(=O)Nc2ccc3c(c2)C[C@@]2(C3)C(=O)Nc3ncccc32)[C@H](c2ccccc2)CN1C. The van der Waals surface area contributed by atoms with Crippen molar-refractivity contribution in [3.63, 3.8) is 0 Å². The summed E-state index contributed by atoms with van der Waals surface area (Å²) in [5.74, 6) is 0.721. The van der Waals surface area contributed by atoms with Crippen molar-refractivity contribution in [2.24, 2.45) is 5.92 Å². The van der Waals surface area contributed by atoms with Crippen LogP contribution in [0.25, 0.3) is 0 Å². The maximum atomic E-state index is 13.7. The highest BCUT2D eigenvalue weighted by atomic mass is 16.2. The standard InChI is InChI=1S/C32H35N5O3/c1-20(2)14-26-30(39)37(27(18-36(26)3)21-8-5-4-6-9-21)19-28(38)34-24-12-11-22-16-32(17-23(22)15-24)25-10-7-13-33-29(25)35-31(32)40/h4-13,15,20,26-27H,14,16-19H2,1-3H3,(H,34,38)(H,33,35,40)/t26-,27-,32+/m0/s1. The first-order chi connectivity index (χ1) is 19.2. The fourth-order valence-corrected chi connectivity index (χ4v) is 6.61. The summed E-state index contributed by atoms with van der Waals surface area (Å²) in [6, 6.07) is 19.1. The van der Waals surface area contributed by atoms with Crippen molar-refractivity contribution < 1.29 is 14.4 Å². The van der Waals surface area contributed by atoms with E-state index in [2.05, 4.69) is 34.4 Å². The lowest BCUT2D eigenvalue weighted by molar-refractivity contribution is -0.148. The molecule has 3 amide bonds. The van der Waals surface area contributed by atoms with Gasteiger partial charge in [-0.25, -0.2) is 4.98 Å². The first-order valence-corrected chi connectivity index (χ1v) is 14.0. The summed E-state index contributed by atoms with van der Waals surface area (Å²) in [7, 11) is 1.99. The van der Waals surface area contributed by atoms with Crippen molar-refractivity contribution in [1.82, 2.24) is 14.8 Å². The van der Waals surface area contributed by atoms with Crippen molar-refractivity contribution in [2.75, 3.05) is 30.8 Å². The van der Waals surface area contributed by atoms with Gasteiger partial charge in [0.2, 0.25) is 17.7 Å². The number of nitrogens with zero attached hydrogens (tertiary/aromatic N) is 3. The molecule has 3 atom stereocenters. The molecule has 1 spiro atoms. The monoisotopic (exact) mass is 537 g/mol. The van der Waals surface area contributed by atoms with Crippen molar-refractivity contribution in [3.05, 3.63) is 89.1 Å². The Labute approximate surface area is 234 Å². The minimum absolute atomic E-state index is 0.0122. The third kappa shape index (κ3) is 4.56. The number of carbonyl (C=O) groups excluding carboxylic acids is 3. The lowest BCUT2D eigenvalue weighted by Gasteiger charge is -2.44. The zero-order valence-corrected chi connectivity index (χ0v) is 23.2. The molecular formula is C32H35N5O3. The predicted molar refractivity (Wildman–Crippen MR) is 154 cm³/mol. The van der Waals surface area contributed by atoms with E-state index in [1.807, 2.05) is 67.7 Å². The highest BCUT2D eigenvalue weighted by molar-refractivity contribution is 6.06. The summed E-state index contributed by atoms with van der Waals surface area (Å²) in [6.45, 7) is 4.87. The van der Waals surface area contributed by atoms with Gasteiger partial charge in [-0.1, -0.05) is 56.3 Å². The Morgan fingerprint density at radius 2 is 1.85 bits per heavy atom. The Bertz CT molecular complexity index is 1470. The van der Waals surface area contributed by atoms with Gasteiger partial charge < -0.3 is 15.5 Å². The molecule has 206 valence electrons. The molecule has 8 nitrogen and oxygen atoms in total. The molecule has 2 N–H and O–H groups in total. The number of aromatic nitrogens is 1. The number of amides is 3. The Morgan fingerprint density at radius 1 is 1.07 bits per heavy atom. The lowest BCUT2D eigenvalue weighted by atomic mass is 9.79. The van der Waals surface area contributed by atoms with E-state index in [4.69, 9.17) is 0 Å². The van der Waals surface area contributed by atoms with Crippen LogP contribution < -0.4 is 10.6 Å². The molecule has 1 saturated heterocycles. The van der Waals surface area contributed by atoms with Gasteiger partial charge in [-0.3, -0.25) is 19.3 Å². The summed E-state index contributed by atoms with van der Waals surface area (Å²) in [5, 5.41) is 5.97. The number of hydrogen-bond donors (Lipinski definition) is 2. The number of rotatable bonds is 6. The number of benzene rings is 2. The predicted octanol–water partition coefficient (Wildman–Crippen LogP) is 3.94. The van der Waals surface area contributed by atoms with Crippen LogP contribution >= 0.6 is 0 Å². The van der Waals surface area contributed by atoms with E-state index in [0.717, 1.165) is 28.7 Å². The zero-order valence-electron chi connectivity index (χ0n) is 23.2. The van der Waals surface area contributed by atoms with Gasteiger partial charge in [-0.2, -0.15) is 0 Å². The number of carbonyl (C=O) groups is 3. The van der Waals surface area contributed by atoms with Crippen LogP contribution in [0, 0.1) is 5.92 Å². The molecule has 0 radical (unpaired) electrons. The molecule has 1 fully saturated rings. The summed E-state index contributed by atoms with van der Waals surface area (Å²) in [6.07, 6.45) is 3.59. The van der Waals surface area contributed by atoms with Crippen molar-refractivity contribution in [1.29, 1.82) is 0 Å². The summed E-state index contributed by atoms with van der Waals surface area (Å²) >= 11 is 0. The minimum atomic E-state index is -0.658. The minimum Gasteiger partial charge on any atom is -0.325 e. The molecule has 40 heavy (non-hydrogen) atoms. The van der Waals surface area contributed by atoms with Crippen LogP contribution in [0.15, 0.2) is 66.9 Å². The van der Waals surface area contributed by atoms with Gasteiger partial charge in [0, 0.05) is 24.0 Å². The summed E-state index contributed by atoms with van der Waals surface area (Å²) in [4.78, 5) is 48.4. The largest absolute Gasteiger partial charge is 0.325 e. The number of piperazine rings is 1. The van der Waals surface area contributed by atoms with Crippen LogP contribution in [0.2, 0.25) is 0 Å². The second-order valence-corrected chi connectivity index (χ2v) is 11.8. The number of fused-ring (bicyclic) bond motifs is 3. The molecule has 3 aliphatic rings. The van der Waals surface area contributed by atoms with E-state index in [1.165, 1.54) is 0 Å². The Kier molecular flexibility index (Phi) is 6.66. The highest BCUT2D eigenvalue weighted by Crippen LogP contribution is 2.47. The average Bonchev–Trinajstić information content (AvgIpc) is 3.45. The third-order valence-electron chi connectivity index (χ3n) is 8.59. The van der Waals surface area contributed by atoms with Crippen molar-refractivity contribution in [2.45, 2.75) is 50.6 Å². The smallest absolute Gasteiger partial charge is 0.244 e. The quantitative estimate of drug-likeness (QED) is 0.497. The van der Waals surface area contributed by atoms with Crippen LogP contribution in [-0.4, -0.2) is 58.7 Å². The molecule has 2 aliphatic heterocycles. The van der Waals surface area contributed by atoms with Gasteiger partial charge in [0.15, 0.2) is 0 Å². The third-order valence-corrected chi connectivity index (χ3v) is 8.59. The van der Waals surface area contributed by atoms with Crippen molar-refractivity contribution in [3.8, 4) is 0 Å². The normalized spacial score (nSPS) is 23.9. The molecule has 1 aliphatic carbocycles. The van der Waals surface area contributed by atoms with Crippen LogP contribution in [-0.2, 0) is 32.6 Å². The molecule has 0 unspecified atom stereocenters. The molecule has 0 saturated carbocycles. The maximum absolute atomic E-state index is 13.7. The molecular weight excluding hydrogens is 502 g/mol. The lowest BCUT2D eigenvalue weighted by Crippen LogP contribution is -2.58. The molecule has 2 aromatic carbocycles. The molecule has 1 aromatic heterocycles. The molecule has 8 heteroatoms. The number of hydrogen-bond acceptors (Lipinski definition) is 5. The van der Waals surface area contributed by atoms with Crippen molar-refractivity contribution >= 4 is 29.2 Å². The molecule has 6 rings (SSSR count). The van der Waals surface area contributed by atoms with Gasteiger partial charge in [-0.15, -0.1) is 0 Å². The van der Waals surface area contributed by atoms with E-state index in [9.17, 15) is 14.4 Å². The zero-order chi connectivity index (χ0) is 28.0. The van der Waals surface area contributed by atoms with Crippen LogP contribution in [0.3, 0.4) is 0 Å². The second kappa shape index (κ2) is 10.2. The number of pyridine rings is 1. The first-order valence-electron chi connectivity index (χ1n) is 14.0. The van der Waals surface area contributed by atoms with Gasteiger partial charge in [-0.05, 0) is 67.1 Å². The summed E-state index contributed by atoms with van der Waals surface area (Å²) in [5.41, 5.74) is 4.10. The second-order valence-electron chi connectivity index (χ2n) is 11.8. The molecule has 3 heterocycles. The van der Waals surface area contributed by atoms with E-state index < -0.39 is 5.41 Å². The van der Waals surface area contributed by atoms with E-state index in [1.54, 1.807) is 11.1 Å². The Hall–Kier alpha value is -4.04. The number of nitrogens with one attached hydrogen (secondary N) is 2. The van der Waals surface area contributed by atoms with Crippen LogP contribution in [0.1, 0.15) is 48.6 Å². The average molecular weight is 538 g/mol. The topological polar surface area (TPSA) is 94.6 Å². The number of likely N-dealkylation sites (N-methyl/N-ethyl adjacent to an activating group) is 1. The Morgan fingerprint density at radius 3 is 2.62 bits per heavy atom. The Balaban J connectivity index is 1.21. The first kappa shape index (κ1) is 26.2. The molecule has 3 aromatic rings. The summed E-state index contributed by atoms with van der Waals surface area (Å²) < 4.78 is 0.